The van der Waals surface area contributed by atoms with Gasteiger partial charge in [0, 0.05) is 37.7 Å². The molecule has 2 N–H and O–H groups in total. The first-order chi connectivity index (χ1) is 21.2. The average molecular weight is 612 g/mol. The molecule has 1 saturated heterocycles. The zero-order chi connectivity index (χ0) is 31.5. The molecule has 0 bridgehead atoms. The Hall–Kier alpha value is -3.13. The quantitative estimate of drug-likeness (QED) is 0.221. The molecular formula is C36H48F3N3O2. The Balaban J connectivity index is 1.11. The summed E-state index contributed by atoms with van der Waals surface area (Å²) in [4.78, 5) is 27.9. The molecule has 2 amide bonds. The van der Waals surface area contributed by atoms with Crippen LogP contribution in [0.3, 0.4) is 0 Å². The van der Waals surface area contributed by atoms with E-state index in [0.29, 0.717) is 36.9 Å². The number of unbranched alkanes of at least 4 members (excludes halogenated alkanes) is 1. The highest BCUT2D eigenvalue weighted by molar-refractivity contribution is 6.02. The van der Waals surface area contributed by atoms with Gasteiger partial charge in [0.05, 0.1) is 5.56 Å². The van der Waals surface area contributed by atoms with Crippen LogP contribution in [0, 0.1) is 0 Å². The van der Waals surface area contributed by atoms with Gasteiger partial charge in [-0.2, -0.15) is 13.2 Å². The van der Waals surface area contributed by atoms with Crippen LogP contribution in [0.1, 0.15) is 99.5 Å². The molecule has 1 aliphatic carbocycles. The highest BCUT2D eigenvalue weighted by atomic mass is 19.4. The van der Waals surface area contributed by atoms with Crippen LogP contribution in [0.2, 0.25) is 0 Å². The van der Waals surface area contributed by atoms with E-state index in [1.54, 1.807) is 0 Å². The van der Waals surface area contributed by atoms with Crippen molar-refractivity contribution in [3.05, 3.63) is 75.9 Å². The van der Waals surface area contributed by atoms with Crippen LogP contribution in [0.25, 0.3) is 5.57 Å². The maximum atomic E-state index is 13.1. The summed E-state index contributed by atoms with van der Waals surface area (Å²) in [6.07, 6.45) is 5.99. The van der Waals surface area contributed by atoms with Crippen molar-refractivity contribution in [3.63, 3.8) is 0 Å². The fourth-order valence-corrected chi connectivity index (χ4v) is 6.62. The van der Waals surface area contributed by atoms with Gasteiger partial charge in [0.1, 0.15) is 0 Å². The van der Waals surface area contributed by atoms with Crippen molar-refractivity contribution in [1.29, 1.82) is 0 Å². The lowest BCUT2D eigenvalue weighted by Crippen LogP contribution is -2.45. The molecule has 44 heavy (non-hydrogen) atoms. The molecule has 1 fully saturated rings. The smallest absolute Gasteiger partial charge is 0.356 e. The fraction of sp³-hybridized carbons (Fsp3) is 0.556. The predicted octanol–water partition coefficient (Wildman–Crippen LogP) is 7.27. The number of carbonyl (C=O) groups excluding carboxylic acids is 2. The second-order valence-corrected chi connectivity index (χ2v) is 12.1. The summed E-state index contributed by atoms with van der Waals surface area (Å²) in [6, 6.07) is 11.8. The van der Waals surface area contributed by atoms with Crippen LogP contribution in [-0.4, -0.2) is 48.9 Å². The lowest BCUT2D eigenvalue weighted by molar-refractivity contribution is -0.137. The second-order valence-electron chi connectivity index (χ2n) is 12.1. The molecule has 2 aromatic carbocycles. The third-order valence-corrected chi connectivity index (χ3v) is 9.16. The van der Waals surface area contributed by atoms with Crippen molar-refractivity contribution in [2.45, 2.75) is 103 Å². The minimum atomic E-state index is -4.37. The molecule has 2 aliphatic rings. The van der Waals surface area contributed by atoms with E-state index in [4.69, 9.17) is 0 Å². The van der Waals surface area contributed by atoms with Gasteiger partial charge in [-0.25, -0.2) is 0 Å². The minimum absolute atomic E-state index is 0.0769. The number of likely N-dealkylation sites (tertiary alicyclic amines) is 1. The second kappa shape index (κ2) is 16.3. The molecule has 0 unspecified atom stereocenters. The zero-order valence-corrected chi connectivity index (χ0v) is 26.3. The number of benzene rings is 2. The maximum absolute atomic E-state index is 13.1. The fourth-order valence-electron chi connectivity index (χ4n) is 6.62. The van der Waals surface area contributed by atoms with E-state index in [2.05, 4.69) is 47.6 Å². The summed E-state index contributed by atoms with van der Waals surface area (Å²) in [7, 11) is 0. The lowest BCUT2D eigenvalue weighted by atomic mass is 9.93. The Kier molecular flexibility index (Phi) is 12.5. The normalized spacial score (nSPS) is 16.4. The Morgan fingerprint density at radius 1 is 0.909 bits per heavy atom. The zero-order valence-electron chi connectivity index (χ0n) is 26.3. The Morgan fingerprint density at radius 3 is 2.23 bits per heavy atom. The molecule has 1 aliphatic heterocycles. The number of halogens is 3. The molecule has 0 aromatic heterocycles. The van der Waals surface area contributed by atoms with Gasteiger partial charge in [-0.3, -0.25) is 9.59 Å². The first-order valence-electron chi connectivity index (χ1n) is 16.5. The summed E-state index contributed by atoms with van der Waals surface area (Å²) >= 11 is 0. The van der Waals surface area contributed by atoms with E-state index in [1.807, 2.05) is 0 Å². The first-order valence-corrected chi connectivity index (χ1v) is 16.5. The van der Waals surface area contributed by atoms with E-state index in [9.17, 15) is 22.8 Å². The van der Waals surface area contributed by atoms with E-state index >= 15 is 0 Å². The predicted molar refractivity (Wildman–Crippen MR) is 170 cm³/mol. The summed E-state index contributed by atoms with van der Waals surface area (Å²) in [5, 5.41) is 6.28. The highest BCUT2D eigenvalue weighted by Gasteiger charge is 2.31. The molecule has 5 nitrogen and oxygen atoms in total. The van der Waals surface area contributed by atoms with Crippen molar-refractivity contribution >= 4 is 17.4 Å². The van der Waals surface area contributed by atoms with Crippen molar-refractivity contribution < 1.29 is 22.8 Å². The van der Waals surface area contributed by atoms with Gasteiger partial charge in [0.25, 0.3) is 0 Å². The van der Waals surface area contributed by atoms with E-state index in [0.717, 1.165) is 95.1 Å². The topological polar surface area (TPSA) is 61.4 Å². The van der Waals surface area contributed by atoms with Crippen LogP contribution in [0.5, 0.6) is 0 Å². The van der Waals surface area contributed by atoms with Crippen molar-refractivity contribution in [1.82, 2.24) is 15.5 Å². The van der Waals surface area contributed by atoms with Gasteiger partial charge in [-0.05, 0) is 117 Å². The molecule has 8 heteroatoms. The number of allylic oxidation sites excluding steroid dienone is 1. The molecule has 0 atom stereocenters. The lowest BCUT2D eigenvalue weighted by Gasteiger charge is -2.32. The van der Waals surface area contributed by atoms with Crippen LogP contribution >= 0.6 is 0 Å². The van der Waals surface area contributed by atoms with Gasteiger partial charge >= 0.3 is 6.18 Å². The van der Waals surface area contributed by atoms with Crippen molar-refractivity contribution in [3.8, 4) is 0 Å². The summed E-state index contributed by atoms with van der Waals surface area (Å²) in [5.41, 5.74) is 5.83. The number of nitrogens with one attached hydrogen (secondary N) is 2. The van der Waals surface area contributed by atoms with Crippen molar-refractivity contribution in [2.75, 3.05) is 26.2 Å². The number of nitrogens with zero attached hydrogens (tertiary/aromatic N) is 1. The van der Waals surface area contributed by atoms with Crippen LogP contribution in [-0.2, 0) is 35.0 Å². The molecule has 240 valence electrons. The molecule has 0 radical (unpaired) electrons. The number of hydrogen-bond acceptors (Lipinski definition) is 3. The van der Waals surface area contributed by atoms with E-state index < -0.39 is 11.7 Å². The first kappa shape index (κ1) is 33.8. The summed E-state index contributed by atoms with van der Waals surface area (Å²) in [5.74, 6) is 0.0550. The van der Waals surface area contributed by atoms with Crippen molar-refractivity contribution in [2.24, 2.45) is 0 Å². The third kappa shape index (κ3) is 9.43. The molecular weight excluding hydrogens is 563 g/mol. The molecule has 0 saturated carbocycles. The van der Waals surface area contributed by atoms with Gasteiger partial charge in [-0.1, -0.05) is 44.2 Å². The number of piperidine rings is 1. The molecule has 2 aromatic rings. The monoisotopic (exact) mass is 611 g/mol. The number of rotatable bonds is 14. The van der Waals surface area contributed by atoms with E-state index in [1.165, 1.54) is 28.8 Å². The standard InChI is InChI=1S/C36H48F3N3O2/c1-3-26-10-7-11-27(4-2)31(26)12-9-15-34(43)40-22-5-6-23-42-24-20-30(21-25-42)41-35(44)33-14-8-13-32(33)28-16-18-29(19-17-28)36(37,38)39/h7,10-11,16-19,30H,3-6,8-9,12-15,20-25H2,1-2H3,(H,40,43)(H,41,44). The van der Waals surface area contributed by atoms with Gasteiger partial charge in [-0.15, -0.1) is 0 Å². The Labute approximate surface area is 260 Å². The number of carbonyl (C=O) groups is 2. The highest BCUT2D eigenvalue weighted by Crippen LogP contribution is 2.36. The van der Waals surface area contributed by atoms with E-state index in [-0.39, 0.29) is 17.9 Å². The number of alkyl halides is 3. The molecule has 4 rings (SSSR count). The molecule has 0 spiro atoms. The number of amides is 2. The number of hydrogen-bond donors (Lipinski definition) is 2. The van der Waals surface area contributed by atoms with Gasteiger partial charge < -0.3 is 15.5 Å². The largest absolute Gasteiger partial charge is 0.416 e. The summed E-state index contributed by atoms with van der Waals surface area (Å²) in [6.45, 7) is 7.89. The van der Waals surface area contributed by atoms with Gasteiger partial charge in [0.15, 0.2) is 0 Å². The van der Waals surface area contributed by atoms with Crippen LogP contribution in [0.15, 0.2) is 48.0 Å². The van der Waals surface area contributed by atoms with Crippen LogP contribution in [0.4, 0.5) is 13.2 Å². The Morgan fingerprint density at radius 2 is 1.59 bits per heavy atom. The van der Waals surface area contributed by atoms with Gasteiger partial charge in [0.2, 0.25) is 11.8 Å². The SMILES string of the molecule is CCc1cccc(CC)c1CCCC(=O)NCCCCN1CCC(NC(=O)C2=C(c3ccc(C(F)(F)F)cc3)CCC2)CC1. The summed E-state index contributed by atoms with van der Waals surface area (Å²) < 4.78 is 38.8. The van der Waals surface area contributed by atoms with Crippen LogP contribution < -0.4 is 10.6 Å². The number of aryl methyl sites for hydroxylation is 2. The molecule has 1 heterocycles. The Bertz CT molecular complexity index is 1260. The third-order valence-electron chi connectivity index (χ3n) is 9.16. The minimum Gasteiger partial charge on any atom is -0.356 e. The maximum Gasteiger partial charge on any atom is 0.416 e. The average Bonchev–Trinajstić information content (AvgIpc) is 3.52.